The molecule has 0 bridgehead atoms. The molecule has 1 saturated carbocycles. The molecule has 9 heteroatoms. The molecular formula is C12H25ClN4O3S. The monoisotopic (exact) mass is 340 g/mol. The summed E-state index contributed by atoms with van der Waals surface area (Å²) in [6.07, 6.45) is 4.23. The molecule has 2 unspecified atom stereocenters. The van der Waals surface area contributed by atoms with Crippen LogP contribution >= 0.6 is 12.4 Å². The van der Waals surface area contributed by atoms with Crippen LogP contribution in [0.25, 0.3) is 0 Å². The highest BCUT2D eigenvalue weighted by Crippen LogP contribution is 2.26. The van der Waals surface area contributed by atoms with Gasteiger partial charge in [-0.05, 0) is 38.1 Å². The predicted octanol–water partition coefficient (Wildman–Crippen LogP) is -0.433. The first kappa shape index (κ1) is 18.6. The maximum Gasteiger partial charge on any atom is 0.276 e. The van der Waals surface area contributed by atoms with Crippen LogP contribution in [0.15, 0.2) is 0 Å². The summed E-state index contributed by atoms with van der Waals surface area (Å²) in [5, 5.41) is 8.17. The molecule has 2 rings (SSSR count). The van der Waals surface area contributed by atoms with E-state index in [-0.39, 0.29) is 30.3 Å². The molecule has 7 nitrogen and oxygen atoms in total. The molecule has 0 radical (unpaired) electrons. The molecule has 0 aromatic heterocycles. The maximum absolute atomic E-state index is 12.2. The average molecular weight is 341 g/mol. The summed E-state index contributed by atoms with van der Waals surface area (Å²) in [4.78, 5) is 12.2. The number of rotatable bonds is 4. The number of nitrogens with one attached hydrogen (secondary N) is 1. The van der Waals surface area contributed by atoms with Crippen LogP contribution in [0.4, 0.5) is 0 Å². The van der Waals surface area contributed by atoms with Crippen molar-refractivity contribution in [1.82, 2.24) is 9.62 Å². The zero-order valence-electron chi connectivity index (χ0n) is 12.0. The summed E-state index contributed by atoms with van der Waals surface area (Å²) < 4.78 is 23.7. The van der Waals surface area contributed by atoms with Crippen LogP contribution in [0.2, 0.25) is 0 Å². The minimum Gasteiger partial charge on any atom is -0.353 e. The lowest BCUT2D eigenvalue weighted by molar-refractivity contribution is -0.127. The van der Waals surface area contributed by atoms with Gasteiger partial charge in [-0.1, -0.05) is 6.42 Å². The summed E-state index contributed by atoms with van der Waals surface area (Å²) in [6, 6.07) is 0.184. The van der Waals surface area contributed by atoms with E-state index in [0.29, 0.717) is 38.4 Å². The Balaban J connectivity index is 0.00000220. The smallest absolute Gasteiger partial charge is 0.276 e. The fraction of sp³-hybridized carbons (Fsp3) is 0.917. The van der Waals surface area contributed by atoms with Gasteiger partial charge in [0.15, 0.2) is 0 Å². The van der Waals surface area contributed by atoms with Crippen LogP contribution in [-0.4, -0.2) is 44.3 Å². The van der Waals surface area contributed by atoms with Crippen LogP contribution in [0.5, 0.6) is 0 Å². The maximum atomic E-state index is 12.2. The molecule has 5 N–H and O–H groups in total. The summed E-state index contributed by atoms with van der Waals surface area (Å²) in [7, 11) is -3.63. The second-order valence-electron chi connectivity index (χ2n) is 5.76. The van der Waals surface area contributed by atoms with Crippen LogP contribution in [0.3, 0.4) is 0 Å². The topological polar surface area (TPSA) is 119 Å². The summed E-state index contributed by atoms with van der Waals surface area (Å²) in [5.41, 5.74) is 5.71. The Labute approximate surface area is 132 Å². The van der Waals surface area contributed by atoms with Gasteiger partial charge in [-0.25, -0.2) is 5.14 Å². The average Bonchev–Trinajstić information content (AvgIpc) is 2.85. The van der Waals surface area contributed by atoms with Crippen LogP contribution in [-0.2, 0) is 15.0 Å². The fourth-order valence-corrected chi connectivity index (χ4v) is 3.90. The Bertz CT molecular complexity index is 451. The van der Waals surface area contributed by atoms with Gasteiger partial charge in [0.1, 0.15) is 0 Å². The molecule has 0 aromatic carbocycles. The van der Waals surface area contributed by atoms with Gasteiger partial charge in [-0.3, -0.25) is 4.79 Å². The molecule has 0 aromatic rings. The number of hydrogen-bond donors (Lipinski definition) is 3. The highest BCUT2D eigenvalue weighted by atomic mass is 35.5. The van der Waals surface area contributed by atoms with E-state index in [2.05, 4.69) is 5.32 Å². The first-order valence-corrected chi connectivity index (χ1v) is 8.70. The number of carbonyl (C=O) groups is 1. The molecular weight excluding hydrogens is 316 g/mol. The van der Waals surface area contributed by atoms with E-state index in [1.165, 1.54) is 4.31 Å². The highest BCUT2D eigenvalue weighted by Gasteiger charge is 2.32. The number of hydrogen-bond acceptors (Lipinski definition) is 4. The van der Waals surface area contributed by atoms with Gasteiger partial charge in [-0.2, -0.15) is 12.7 Å². The Morgan fingerprint density at radius 2 is 1.81 bits per heavy atom. The van der Waals surface area contributed by atoms with Crippen molar-refractivity contribution in [3.63, 3.8) is 0 Å². The number of halogens is 1. The van der Waals surface area contributed by atoms with Crippen LogP contribution in [0, 0.1) is 11.8 Å². The van der Waals surface area contributed by atoms with Crippen molar-refractivity contribution in [2.75, 3.05) is 19.6 Å². The van der Waals surface area contributed by atoms with Crippen molar-refractivity contribution in [3.8, 4) is 0 Å². The zero-order valence-corrected chi connectivity index (χ0v) is 13.7. The summed E-state index contributed by atoms with van der Waals surface area (Å²) in [5.74, 6) is 0.292. The van der Waals surface area contributed by atoms with Gasteiger partial charge in [-0.15, -0.1) is 12.4 Å². The standard InChI is InChI=1S/C12H24N4O3S.ClH/c13-8-10-2-1-3-11(10)15-12(17)9-4-6-16(7-5-9)20(14,18)19;/h9-11H,1-8,13H2,(H,15,17)(H2,14,18,19);1H. The van der Waals surface area contributed by atoms with Gasteiger partial charge in [0.2, 0.25) is 5.91 Å². The van der Waals surface area contributed by atoms with Gasteiger partial charge in [0.25, 0.3) is 10.2 Å². The summed E-state index contributed by atoms with van der Waals surface area (Å²) in [6.45, 7) is 1.25. The molecule has 1 aliphatic heterocycles. The Morgan fingerprint density at radius 3 is 2.33 bits per heavy atom. The quantitative estimate of drug-likeness (QED) is 0.643. The second-order valence-corrected chi connectivity index (χ2v) is 7.31. The van der Waals surface area contributed by atoms with Gasteiger partial charge in [0, 0.05) is 25.0 Å². The largest absolute Gasteiger partial charge is 0.353 e. The lowest BCUT2D eigenvalue weighted by Crippen LogP contribution is -2.48. The number of nitrogens with two attached hydrogens (primary N) is 2. The molecule has 2 aliphatic rings. The predicted molar refractivity (Wildman–Crippen MR) is 83.0 cm³/mol. The molecule has 0 spiro atoms. The number of amides is 1. The lowest BCUT2D eigenvalue weighted by Gasteiger charge is -2.30. The molecule has 1 heterocycles. The second kappa shape index (κ2) is 7.73. The lowest BCUT2D eigenvalue weighted by atomic mass is 9.95. The van der Waals surface area contributed by atoms with E-state index in [9.17, 15) is 13.2 Å². The Kier molecular flexibility index (Phi) is 6.86. The fourth-order valence-electron chi connectivity index (χ4n) is 3.18. The van der Waals surface area contributed by atoms with Crippen molar-refractivity contribution in [2.45, 2.75) is 38.1 Å². The van der Waals surface area contributed by atoms with E-state index in [0.717, 1.165) is 19.3 Å². The van der Waals surface area contributed by atoms with Crippen molar-refractivity contribution < 1.29 is 13.2 Å². The Morgan fingerprint density at radius 1 is 1.19 bits per heavy atom. The van der Waals surface area contributed by atoms with E-state index >= 15 is 0 Å². The number of carbonyl (C=O) groups excluding carboxylic acids is 1. The SMILES string of the molecule is Cl.NCC1CCCC1NC(=O)C1CCN(S(N)(=O)=O)CC1. The molecule has 2 fully saturated rings. The van der Waals surface area contributed by atoms with Gasteiger partial charge in [0.05, 0.1) is 0 Å². The third-order valence-corrected chi connectivity index (χ3v) is 5.56. The number of nitrogens with zero attached hydrogens (tertiary/aromatic N) is 1. The van der Waals surface area contributed by atoms with E-state index < -0.39 is 10.2 Å². The molecule has 124 valence electrons. The minimum atomic E-state index is -3.63. The molecule has 1 aliphatic carbocycles. The highest BCUT2D eigenvalue weighted by molar-refractivity contribution is 7.86. The molecule has 1 amide bonds. The first-order valence-electron chi connectivity index (χ1n) is 7.20. The van der Waals surface area contributed by atoms with Crippen molar-refractivity contribution >= 4 is 28.5 Å². The normalized spacial score (nSPS) is 28.1. The Hall–Kier alpha value is -0.410. The van der Waals surface area contributed by atoms with Crippen molar-refractivity contribution in [2.24, 2.45) is 22.7 Å². The molecule has 1 saturated heterocycles. The third-order valence-electron chi connectivity index (χ3n) is 4.47. The van der Waals surface area contributed by atoms with Gasteiger partial charge >= 0.3 is 0 Å². The third kappa shape index (κ3) is 4.79. The molecule has 2 atom stereocenters. The van der Waals surface area contributed by atoms with E-state index in [1.807, 2.05) is 0 Å². The van der Waals surface area contributed by atoms with Crippen molar-refractivity contribution in [1.29, 1.82) is 0 Å². The van der Waals surface area contributed by atoms with Crippen LogP contribution in [0.1, 0.15) is 32.1 Å². The van der Waals surface area contributed by atoms with Gasteiger partial charge < -0.3 is 11.1 Å². The first-order chi connectivity index (χ1) is 9.41. The minimum absolute atomic E-state index is 0. The summed E-state index contributed by atoms with van der Waals surface area (Å²) >= 11 is 0. The van der Waals surface area contributed by atoms with Crippen LogP contribution < -0.4 is 16.2 Å². The zero-order chi connectivity index (χ0) is 14.8. The number of piperidine rings is 1. The molecule has 21 heavy (non-hydrogen) atoms. The van der Waals surface area contributed by atoms with E-state index in [1.54, 1.807) is 0 Å². The van der Waals surface area contributed by atoms with Crippen molar-refractivity contribution in [3.05, 3.63) is 0 Å². The van der Waals surface area contributed by atoms with E-state index in [4.69, 9.17) is 10.9 Å².